The number of hydrogen-bond donors (Lipinski definition) is 1. The van der Waals surface area contributed by atoms with E-state index in [1.54, 1.807) is 0 Å². The molecule has 1 atom stereocenters. The van der Waals surface area contributed by atoms with Crippen LogP contribution < -0.4 is 10.6 Å². The molecule has 1 aliphatic rings. The number of nitrogens with two attached hydrogens (primary N) is 1. The van der Waals surface area contributed by atoms with Crippen LogP contribution in [0.25, 0.3) is 0 Å². The van der Waals surface area contributed by atoms with Gasteiger partial charge in [0.2, 0.25) is 0 Å². The predicted octanol–water partition coefficient (Wildman–Crippen LogP) is 3.50. The summed E-state index contributed by atoms with van der Waals surface area (Å²) in [5, 5.41) is 2.19. The fourth-order valence-corrected chi connectivity index (χ4v) is 3.95. The molecule has 1 unspecified atom stereocenters. The van der Waals surface area contributed by atoms with Gasteiger partial charge in [0.25, 0.3) is 0 Å². The minimum atomic E-state index is 0.350. The lowest BCUT2D eigenvalue weighted by atomic mass is 10.0. The topological polar surface area (TPSA) is 55.0 Å². The molecule has 0 bridgehead atoms. The molecule has 4 nitrogen and oxygen atoms in total. The van der Waals surface area contributed by atoms with Gasteiger partial charge in [0.15, 0.2) is 0 Å². The SMILES string of the molecule is CCCc1nc(N)c(C)c(N2CCc3sccc3C2C)n1. The predicted molar refractivity (Wildman–Crippen MR) is 89.0 cm³/mol. The Labute approximate surface area is 130 Å². The first-order valence-electron chi connectivity index (χ1n) is 7.57. The molecule has 0 saturated heterocycles. The van der Waals surface area contributed by atoms with E-state index < -0.39 is 0 Å². The van der Waals surface area contributed by atoms with E-state index in [9.17, 15) is 0 Å². The second-order valence-electron chi connectivity index (χ2n) is 5.64. The molecule has 3 rings (SSSR count). The first kappa shape index (κ1) is 14.3. The highest BCUT2D eigenvalue weighted by molar-refractivity contribution is 7.10. The number of fused-ring (bicyclic) bond motifs is 1. The molecule has 5 heteroatoms. The maximum atomic E-state index is 6.10. The summed E-state index contributed by atoms with van der Waals surface area (Å²) in [4.78, 5) is 13.1. The number of aromatic nitrogens is 2. The lowest BCUT2D eigenvalue weighted by Crippen LogP contribution is -2.34. The van der Waals surface area contributed by atoms with E-state index in [4.69, 9.17) is 10.7 Å². The number of rotatable bonds is 3. The highest BCUT2D eigenvalue weighted by Gasteiger charge is 2.27. The first-order valence-corrected chi connectivity index (χ1v) is 8.45. The summed E-state index contributed by atoms with van der Waals surface area (Å²) in [7, 11) is 0. The Morgan fingerprint density at radius 1 is 1.43 bits per heavy atom. The maximum absolute atomic E-state index is 6.10. The van der Waals surface area contributed by atoms with Gasteiger partial charge in [0.1, 0.15) is 17.5 Å². The Balaban J connectivity index is 2.01. The lowest BCUT2D eigenvalue weighted by Gasteiger charge is -2.35. The van der Waals surface area contributed by atoms with Crippen LogP contribution in [0.3, 0.4) is 0 Å². The molecule has 0 amide bonds. The Bertz CT molecular complexity index is 650. The molecule has 112 valence electrons. The molecule has 0 spiro atoms. The van der Waals surface area contributed by atoms with Gasteiger partial charge >= 0.3 is 0 Å². The quantitative estimate of drug-likeness (QED) is 0.942. The number of aryl methyl sites for hydroxylation is 1. The Morgan fingerprint density at radius 2 is 2.24 bits per heavy atom. The number of anilines is 2. The summed E-state index contributed by atoms with van der Waals surface area (Å²) in [5.74, 6) is 2.49. The van der Waals surface area contributed by atoms with E-state index in [1.165, 1.54) is 10.4 Å². The minimum absolute atomic E-state index is 0.350. The van der Waals surface area contributed by atoms with Gasteiger partial charge in [0, 0.05) is 23.4 Å². The van der Waals surface area contributed by atoms with E-state index >= 15 is 0 Å². The molecule has 0 radical (unpaired) electrons. The minimum Gasteiger partial charge on any atom is -0.383 e. The summed E-state index contributed by atoms with van der Waals surface area (Å²) in [5.41, 5.74) is 8.53. The van der Waals surface area contributed by atoms with Gasteiger partial charge in [0.05, 0.1) is 6.04 Å². The van der Waals surface area contributed by atoms with Crippen molar-refractivity contribution < 1.29 is 0 Å². The van der Waals surface area contributed by atoms with Crippen LogP contribution >= 0.6 is 11.3 Å². The Kier molecular flexibility index (Phi) is 3.85. The van der Waals surface area contributed by atoms with Crippen LogP contribution in [0.1, 0.15) is 48.1 Å². The molecular weight excluding hydrogens is 280 g/mol. The molecule has 0 aliphatic carbocycles. The highest BCUT2D eigenvalue weighted by Crippen LogP contribution is 2.37. The number of nitrogen functional groups attached to an aromatic ring is 1. The zero-order valence-corrected chi connectivity index (χ0v) is 13.7. The molecule has 2 aromatic heterocycles. The number of nitrogens with zero attached hydrogens (tertiary/aromatic N) is 3. The van der Waals surface area contributed by atoms with E-state index in [0.29, 0.717) is 11.9 Å². The van der Waals surface area contributed by atoms with Crippen LogP contribution in [0.5, 0.6) is 0 Å². The van der Waals surface area contributed by atoms with Crippen molar-refractivity contribution >= 4 is 23.0 Å². The second kappa shape index (κ2) is 5.64. The van der Waals surface area contributed by atoms with E-state index in [2.05, 4.69) is 35.2 Å². The molecule has 0 fully saturated rings. The average Bonchev–Trinajstić information content (AvgIpc) is 2.93. The lowest BCUT2D eigenvalue weighted by molar-refractivity contribution is 0.619. The van der Waals surface area contributed by atoms with Crippen molar-refractivity contribution in [2.45, 2.75) is 46.1 Å². The second-order valence-corrected chi connectivity index (χ2v) is 6.64. The maximum Gasteiger partial charge on any atom is 0.137 e. The smallest absolute Gasteiger partial charge is 0.137 e. The van der Waals surface area contributed by atoms with Crippen molar-refractivity contribution in [3.8, 4) is 0 Å². The summed E-state index contributed by atoms with van der Waals surface area (Å²) in [6.45, 7) is 7.41. The Morgan fingerprint density at radius 3 is 3.00 bits per heavy atom. The summed E-state index contributed by atoms with van der Waals surface area (Å²) in [6.07, 6.45) is 3.00. The molecule has 2 aromatic rings. The Hall–Kier alpha value is -1.62. The first-order chi connectivity index (χ1) is 10.1. The summed E-state index contributed by atoms with van der Waals surface area (Å²) >= 11 is 1.86. The number of thiophene rings is 1. The van der Waals surface area contributed by atoms with E-state index in [0.717, 1.165) is 43.0 Å². The average molecular weight is 302 g/mol. The van der Waals surface area contributed by atoms with Gasteiger partial charge in [-0.2, -0.15) is 0 Å². The monoisotopic (exact) mass is 302 g/mol. The zero-order valence-electron chi connectivity index (χ0n) is 12.9. The largest absolute Gasteiger partial charge is 0.383 e. The molecule has 2 N–H and O–H groups in total. The van der Waals surface area contributed by atoms with Crippen molar-refractivity contribution in [2.75, 3.05) is 17.2 Å². The van der Waals surface area contributed by atoms with E-state index in [1.807, 2.05) is 18.3 Å². The van der Waals surface area contributed by atoms with Crippen LogP contribution in [0.2, 0.25) is 0 Å². The molecular formula is C16H22N4S. The van der Waals surface area contributed by atoms with Crippen molar-refractivity contribution in [1.29, 1.82) is 0 Å². The fourth-order valence-electron chi connectivity index (χ4n) is 2.98. The van der Waals surface area contributed by atoms with Gasteiger partial charge in [-0.3, -0.25) is 0 Å². The normalized spacial score (nSPS) is 17.9. The third-order valence-corrected chi connectivity index (χ3v) is 5.22. The van der Waals surface area contributed by atoms with Gasteiger partial charge < -0.3 is 10.6 Å². The van der Waals surface area contributed by atoms with Crippen LogP contribution in [-0.2, 0) is 12.8 Å². The van der Waals surface area contributed by atoms with Crippen molar-refractivity contribution in [2.24, 2.45) is 0 Å². The number of hydrogen-bond acceptors (Lipinski definition) is 5. The van der Waals surface area contributed by atoms with Gasteiger partial charge in [-0.25, -0.2) is 9.97 Å². The van der Waals surface area contributed by atoms with Crippen LogP contribution in [-0.4, -0.2) is 16.5 Å². The van der Waals surface area contributed by atoms with Gasteiger partial charge in [-0.05, 0) is 43.7 Å². The molecule has 1 aliphatic heterocycles. The molecule has 3 heterocycles. The van der Waals surface area contributed by atoms with E-state index in [-0.39, 0.29) is 0 Å². The molecule has 0 saturated carbocycles. The summed E-state index contributed by atoms with van der Waals surface area (Å²) in [6, 6.07) is 2.59. The van der Waals surface area contributed by atoms with Crippen molar-refractivity contribution in [3.05, 3.63) is 33.3 Å². The van der Waals surface area contributed by atoms with Crippen LogP contribution in [0, 0.1) is 6.92 Å². The molecule has 0 aromatic carbocycles. The van der Waals surface area contributed by atoms with Crippen LogP contribution in [0.4, 0.5) is 11.6 Å². The van der Waals surface area contributed by atoms with Crippen molar-refractivity contribution in [3.63, 3.8) is 0 Å². The summed E-state index contributed by atoms with van der Waals surface area (Å²) < 4.78 is 0. The fraction of sp³-hybridized carbons (Fsp3) is 0.500. The van der Waals surface area contributed by atoms with Gasteiger partial charge in [-0.15, -0.1) is 11.3 Å². The van der Waals surface area contributed by atoms with Crippen LogP contribution in [0.15, 0.2) is 11.4 Å². The molecule has 21 heavy (non-hydrogen) atoms. The van der Waals surface area contributed by atoms with Crippen molar-refractivity contribution in [1.82, 2.24) is 9.97 Å². The third-order valence-electron chi connectivity index (χ3n) is 4.23. The van der Waals surface area contributed by atoms with Gasteiger partial charge in [-0.1, -0.05) is 6.92 Å². The highest BCUT2D eigenvalue weighted by atomic mass is 32.1. The standard InChI is InChI=1S/C16H22N4S/c1-4-5-14-18-15(17)10(2)16(19-14)20-8-6-13-12(11(20)3)7-9-21-13/h7,9,11H,4-6,8H2,1-3H3,(H2,17,18,19). The third kappa shape index (κ3) is 2.50. The zero-order chi connectivity index (χ0) is 15.0.